The highest BCUT2D eigenvalue weighted by Crippen LogP contribution is 2.23. The Kier molecular flexibility index (Phi) is 7.82. The van der Waals surface area contributed by atoms with Gasteiger partial charge in [-0.25, -0.2) is 9.97 Å². The fraction of sp³-hybridized carbons (Fsp3) is 0.292. The number of carbonyl (C=O) groups excluding carboxylic acids is 1. The van der Waals surface area contributed by atoms with Crippen LogP contribution in [0.3, 0.4) is 0 Å². The van der Waals surface area contributed by atoms with Crippen LogP contribution in [0, 0.1) is 0 Å². The van der Waals surface area contributed by atoms with E-state index in [1.165, 1.54) is 12.1 Å². The number of aromatic nitrogens is 2. The molecule has 0 aliphatic carbocycles. The number of nitrogens with one attached hydrogen (secondary N) is 2. The monoisotopic (exact) mass is 468 g/mol. The molecule has 0 radical (unpaired) electrons. The second kappa shape index (κ2) is 11.4. The third kappa shape index (κ3) is 6.38. The van der Waals surface area contributed by atoms with Crippen molar-refractivity contribution in [3.63, 3.8) is 0 Å². The van der Waals surface area contributed by atoms with Gasteiger partial charge in [-0.15, -0.1) is 0 Å². The van der Waals surface area contributed by atoms with Crippen LogP contribution in [0.5, 0.6) is 5.75 Å². The Morgan fingerprint density at radius 1 is 0.971 bits per heavy atom. The lowest BCUT2D eigenvalue weighted by molar-refractivity contribution is -0.0498. The first-order chi connectivity index (χ1) is 16.6. The Hall–Kier alpha value is -3.79. The standard InChI is InChI=1S/C24H26F2N6O2/c25-23(26)34-19-8-6-18(7-9-19)30-21-5-2-1-4-20(21)22(33)27-12-13-31-14-16-32(17-15-31)24-28-10-3-11-29-24/h1-11,23,30H,12-17H2,(H,27,33). The highest BCUT2D eigenvalue weighted by molar-refractivity contribution is 6.00. The molecule has 3 aromatic rings. The molecule has 1 aliphatic rings. The summed E-state index contributed by atoms with van der Waals surface area (Å²) in [4.78, 5) is 25.9. The van der Waals surface area contributed by atoms with Crippen LogP contribution in [-0.4, -0.2) is 66.7 Å². The van der Waals surface area contributed by atoms with Gasteiger partial charge in [-0.05, 0) is 42.5 Å². The fourth-order valence-corrected chi connectivity index (χ4v) is 3.71. The van der Waals surface area contributed by atoms with Crippen molar-refractivity contribution in [1.29, 1.82) is 0 Å². The molecule has 34 heavy (non-hydrogen) atoms. The Morgan fingerprint density at radius 2 is 1.68 bits per heavy atom. The van der Waals surface area contributed by atoms with Gasteiger partial charge >= 0.3 is 6.61 Å². The summed E-state index contributed by atoms with van der Waals surface area (Å²) in [5.41, 5.74) is 1.78. The van der Waals surface area contributed by atoms with Crippen LogP contribution in [0.25, 0.3) is 0 Å². The third-order valence-electron chi connectivity index (χ3n) is 5.45. The number of carbonyl (C=O) groups is 1. The van der Waals surface area contributed by atoms with Gasteiger partial charge in [-0.3, -0.25) is 9.69 Å². The number of nitrogens with zero attached hydrogens (tertiary/aromatic N) is 4. The lowest BCUT2D eigenvalue weighted by Crippen LogP contribution is -2.49. The Morgan fingerprint density at radius 3 is 2.38 bits per heavy atom. The summed E-state index contributed by atoms with van der Waals surface area (Å²) in [6.07, 6.45) is 3.49. The summed E-state index contributed by atoms with van der Waals surface area (Å²) in [6.45, 7) is 1.82. The second-order valence-corrected chi connectivity index (χ2v) is 7.71. The zero-order valence-corrected chi connectivity index (χ0v) is 18.5. The summed E-state index contributed by atoms with van der Waals surface area (Å²) >= 11 is 0. The number of rotatable bonds is 9. The van der Waals surface area contributed by atoms with E-state index < -0.39 is 6.61 Å². The Labute approximate surface area is 196 Å². The number of para-hydroxylation sites is 1. The smallest absolute Gasteiger partial charge is 0.387 e. The van der Waals surface area contributed by atoms with E-state index in [0.29, 0.717) is 23.5 Å². The van der Waals surface area contributed by atoms with Crippen molar-refractivity contribution in [2.75, 3.05) is 49.5 Å². The maximum Gasteiger partial charge on any atom is 0.387 e. The topological polar surface area (TPSA) is 82.6 Å². The predicted octanol–water partition coefficient (Wildman–Crippen LogP) is 3.37. The number of halogens is 2. The normalized spacial score (nSPS) is 14.1. The first-order valence-corrected chi connectivity index (χ1v) is 11.0. The third-order valence-corrected chi connectivity index (χ3v) is 5.45. The molecule has 0 unspecified atom stereocenters. The largest absolute Gasteiger partial charge is 0.435 e. The van der Waals surface area contributed by atoms with Crippen molar-refractivity contribution >= 4 is 23.2 Å². The van der Waals surface area contributed by atoms with Crippen LogP contribution in [-0.2, 0) is 0 Å². The molecule has 1 fully saturated rings. The van der Waals surface area contributed by atoms with Crippen molar-refractivity contribution in [2.45, 2.75) is 6.61 Å². The predicted molar refractivity (Wildman–Crippen MR) is 126 cm³/mol. The second-order valence-electron chi connectivity index (χ2n) is 7.71. The number of piperazine rings is 1. The van der Waals surface area contributed by atoms with E-state index in [4.69, 9.17) is 0 Å². The van der Waals surface area contributed by atoms with E-state index in [9.17, 15) is 13.6 Å². The van der Waals surface area contributed by atoms with Crippen LogP contribution >= 0.6 is 0 Å². The van der Waals surface area contributed by atoms with Gasteiger partial charge in [0.1, 0.15) is 5.75 Å². The van der Waals surface area contributed by atoms with Gasteiger partial charge in [0, 0.05) is 57.3 Å². The van der Waals surface area contributed by atoms with Gasteiger partial charge in [-0.1, -0.05) is 12.1 Å². The zero-order chi connectivity index (χ0) is 23.8. The average Bonchev–Trinajstić information content (AvgIpc) is 2.86. The summed E-state index contributed by atoms with van der Waals surface area (Å²) in [7, 11) is 0. The van der Waals surface area contributed by atoms with Gasteiger partial charge in [-0.2, -0.15) is 8.78 Å². The summed E-state index contributed by atoms with van der Waals surface area (Å²) in [6, 6.07) is 15.1. The van der Waals surface area contributed by atoms with E-state index in [1.807, 2.05) is 6.07 Å². The highest BCUT2D eigenvalue weighted by atomic mass is 19.3. The summed E-state index contributed by atoms with van der Waals surface area (Å²) in [5, 5.41) is 6.15. The lowest BCUT2D eigenvalue weighted by atomic mass is 10.1. The van der Waals surface area contributed by atoms with E-state index in [2.05, 4.69) is 35.1 Å². The molecular formula is C24H26F2N6O2. The molecule has 0 spiro atoms. The van der Waals surface area contributed by atoms with Crippen molar-refractivity contribution < 1.29 is 18.3 Å². The molecule has 2 aromatic carbocycles. The number of alkyl halides is 2. The molecular weight excluding hydrogens is 442 g/mol. The van der Waals surface area contributed by atoms with E-state index in [1.54, 1.807) is 48.8 Å². The van der Waals surface area contributed by atoms with Gasteiger partial charge in [0.15, 0.2) is 0 Å². The minimum absolute atomic E-state index is 0.0729. The van der Waals surface area contributed by atoms with E-state index >= 15 is 0 Å². The minimum atomic E-state index is -2.87. The number of benzene rings is 2. The van der Waals surface area contributed by atoms with Crippen molar-refractivity contribution in [1.82, 2.24) is 20.2 Å². The van der Waals surface area contributed by atoms with E-state index in [-0.39, 0.29) is 11.7 Å². The molecule has 0 saturated carbocycles. The molecule has 1 aromatic heterocycles. The zero-order valence-electron chi connectivity index (χ0n) is 18.5. The lowest BCUT2D eigenvalue weighted by Gasteiger charge is -2.34. The summed E-state index contributed by atoms with van der Waals surface area (Å²) < 4.78 is 29.0. The molecule has 0 bridgehead atoms. The van der Waals surface area contributed by atoms with Gasteiger partial charge in [0.2, 0.25) is 5.95 Å². The molecule has 178 valence electrons. The molecule has 0 atom stereocenters. The van der Waals surface area contributed by atoms with Gasteiger partial charge in [0.25, 0.3) is 5.91 Å². The fourth-order valence-electron chi connectivity index (χ4n) is 3.71. The molecule has 8 nitrogen and oxygen atoms in total. The quantitative estimate of drug-likeness (QED) is 0.498. The molecule has 1 aliphatic heterocycles. The van der Waals surface area contributed by atoms with Gasteiger partial charge in [0.05, 0.1) is 11.3 Å². The summed E-state index contributed by atoms with van der Waals surface area (Å²) in [5.74, 6) is 0.636. The number of hydrogen-bond donors (Lipinski definition) is 2. The first-order valence-electron chi connectivity index (χ1n) is 11.0. The molecule has 1 saturated heterocycles. The van der Waals surface area contributed by atoms with Crippen LogP contribution in [0.4, 0.5) is 26.1 Å². The minimum Gasteiger partial charge on any atom is -0.435 e. The Balaban J connectivity index is 1.26. The molecule has 4 rings (SSSR count). The number of anilines is 3. The van der Waals surface area contributed by atoms with Crippen molar-refractivity contribution in [3.8, 4) is 5.75 Å². The number of hydrogen-bond acceptors (Lipinski definition) is 7. The van der Waals surface area contributed by atoms with Crippen molar-refractivity contribution in [3.05, 3.63) is 72.6 Å². The van der Waals surface area contributed by atoms with Crippen LogP contribution in [0.15, 0.2) is 67.0 Å². The molecule has 10 heteroatoms. The van der Waals surface area contributed by atoms with Gasteiger partial charge < -0.3 is 20.3 Å². The first kappa shape index (κ1) is 23.4. The molecule has 2 heterocycles. The van der Waals surface area contributed by atoms with Crippen LogP contribution in [0.1, 0.15) is 10.4 Å². The van der Waals surface area contributed by atoms with Crippen LogP contribution < -0.4 is 20.3 Å². The highest BCUT2D eigenvalue weighted by Gasteiger charge is 2.19. The number of ether oxygens (including phenoxy) is 1. The maximum absolute atomic E-state index is 12.8. The van der Waals surface area contributed by atoms with Crippen molar-refractivity contribution in [2.24, 2.45) is 0 Å². The van der Waals surface area contributed by atoms with Crippen LogP contribution in [0.2, 0.25) is 0 Å². The SMILES string of the molecule is O=C(NCCN1CCN(c2ncccn2)CC1)c1ccccc1Nc1ccc(OC(F)F)cc1. The molecule has 2 N–H and O–H groups in total. The Bertz CT molecular complexity index is 1060. The van der Waals surface area contributed by atoms with E-state index in [0.717, 1.165) is 38.7 Å². The number of amides is 1. The maximum atomic E-state index is 12.8. The molecule has 1 amide bonds. The average molecular weight is 469 g/mol.